The zero-order valence-electron chi connectivity index (χ0n) is 7.61. The van der Waals surface area contributed by atoms with Crippen molar-refractivity contribution < 1.29 is 4.74 Å². The quantitative estimate of drug-likeness (QED) is 0.861. The standard InChI is InChI=1S/C9H10Br3NO/c1-14-9-7(11)4-6(10)5(2-3-13)8(9)12/h4H,2-3,13H2,1H3. The molecule has 2 N–H and O–H groups in total. The van der Waals surface area contributed by atoms with Crippen LogP contribution in [-0.4, -0.2) is 13.7 Å². The zero-order valence-corrected chi connectivity index (χ0v) is 12.4. The molecule has 0 atom stereocenters. The summed E-state index contributed by atoms with van der Waals surface area (Å²) in [5, 5.41) is 0. The van der Waals surface area contributed by atoms with Crippen molar-refractivity contribution in [2.75, 3.05) is 13.7 Å². The fourth-order valence-corrected chi connectivity index (χ4v) is 4.01. The number of rotatable bonds is 3. The molecule has 1 rings (SSSR count). The zero-order chi connectivity index (χ0) is 10.7. The number of benzene rings is 1. The second kappa shape index (κ2) is 5.49. The van der Waals surface area contributed by atoms with Gasteiger partial charge in [0.25, 0.3) is 0 Å². The van der Waals surface area contributed by atoms with Crippen LogP contribution in [0.25, 0.3) is 0 Å². The molecule has 0 unspecified atom stereocenters. The van der Waals surface area contributed by atoms with Gasteiger partial charge in [0.2, 0.25) is 0 Å². The first-order valence-electron chi connectivity index (χ1n) is 4.02. The summed E-state index contributed by atoms with van der Waals surface area (Å²) in [6.45, 7) is 0.613. The molecule has 0 aliphatic rings. The number of hydrogen-bond donors (Lipinski definition) is 1. The highest BCUT2D eigenvalue weighted by molar-refractivity contribution is 9.11. The summed E-state index contributed by atoms with van der Waals surface area (Å²) in [7, 11) is 1.64. The van der Waals surface area contributed by atoms with Crippen LogP contribution >= 0.6 is 47.8 Å². The molecule has 2 nitrogen and oxygen atoms in total. The van der Waals surface area contributed by atoms with E-state index >= 15 is 0 Å². The third-order valence-corrected chi connectivity index (χ3v) is 3.96. The minimum Gasteiger partial charge on any atom is -0.494 e. The Kier molecular flexibility index (Phi) is 4.90. The van der Waals surface area contributed by atoms with Gasteiger partial charge in [0.15, 0.2) is 0 Å². The van der Waals surface area contributed by atoms with Gasteiger partial charge in [-0.1, -0.05) is 15.9 Å². The van der Waals surface area contributed by atoms with Crippen molar-refractivity contribution in [3.63, 3.8) is 0 Å². The average Bonchev–Trinajstić information content (AvgIpc) is 2.12. The van der Waals surface area contributed by atoms with Gasteiger partial charge in [-0.25, -0.2) is 0 Å². The van der Waals surface area contributed by atoms with Crippen molar-refractivity contribution in [3.05, 3.63) is 25.0 Å². The first-order valence-corrected chi connectivity index (χ1v) is 6.40. The lowest BCUT2D eigenvalue weighted by atomic mass is 10.1. The van der Waals surface area contributed by atoms with Crippen LogP contribution in [-0.2, 0) is 6.42 Å². The van der Waals surface area contributed by atoms with E-state index in [9.17, 15) is 0 Å². The van der Waals surface area contributed by atoms with Gasteiger partial charge in [0.05, 0.1) is 16.1 Å². The highest BCUT2D eigenvalue weighted by Gasteiger charge is 2.13. The molecule has 1 aromatic rings. The van der Waals surface area contributed by atoms with E-state index in [2.05, 4.69) is 47.8 Å². The van der Waals surface area contributed by atoms with Crippen molar-refractivity contribution in [1.82, 2.24) is 0 Å². The maximum absolute atomic E-state index is 5.53. The third kappa shape index (κ3) is 2.51. The van der Waals surface area contributed by atoms with Gasteiger partial charge in [-0.05, 0) is 56.5 Å². The van der Waals surface area contributed by atoms with Crippen LogP contribution in [0.5, 0.6) is 5.75 Å². The Morgan fingerprint density at radius 3 is 2.43 bits per heavy atom. The van der Waals surface area contributed by atoms with Crippen molar-refractivity contribution in [3.8, 4) is 5.75 Å². The van der Waals surface area contributed by atoms with Gasteiger partial charge in [0, 0.05) is 4.47 Å². The SMILES string of the molecule is COc1c(Br)cc(Br)c(CCN)c1Br. The van der Waals surface area contributed by atoms with Gasteiger partial charge in [-0.2, -0.15) is 0 Å². The van der Waals surface area contributed by atoms with Crippen LogP contribution in [0.3, 0.4) is 0 Å². The maximum Gasteiger partial charge on any atom is 0.147 e. The minimum absolute atomic E-state index is 0.613. The topological polar surface area (TPSA) is 35.2 Å². The van der Waals surface area contributed by atoms with E-state index < -0.39 is 0 Å². The molecule has 0 saturated carbocycles. The molecule has 0 heterocycles. The largest absolute Gasteiger partial charge is 0.494 e. The predicted molar refractivity (Wildman–Crippen MR) is 68.9 cm³/mol. The average molecular weight is 388 g/mol. The summed E-state index contributed by atoms with van der Waals surface area (Å²) in [6.07, 6.45) is 0.810. The highest BCUT2D eigenvalue weighted by atomic mass is 79.9. The Balaban J connectivity index is 3.28. The number of methoxy groups -OCH3 is 1. The van der Waals surface area contributed by atoms with Crippen molar-refractivity contribution >= 4 is 47.8 Å². The normalized spacial score (nSPS) is 10.4. The van der Waals surface area contributed by atoms with Gasteiger partial charge in [-0.15, -0.1) is 0 Å². The van der Waals surface area contributed by atoms with Crippen LogP contribution in [0.2, 0.25) is 0 Å². The first-order chi connectivity index (χ1) is 6.61. The molecule has 1 aromatic carbocycles. The van der Waals surface area contributed by atoms with Crippen molar-refractivity contribution in [2.24, 2.45) is 5.73 Å². The van der Waals surface area contributed by atoms with Gasteiger partial charge >= 0.3 is 0 Å². The maximum atomic E-state index is 5.53. The van der Waals surface area contributed by atoms with E-state index in [0.717, 1.165) is 31.2 Å². The smallest absolute Gasteiger partial charge is 0.147 e. The van der Waals surface area contributed by atoms with Crippen LogP contribution in [0.1, 0.15) is 5.56 Å². The molecule has 78 valence electrons. The fraction of sp³-hybridized carbons (Fsp3) is 0.333. The van der Waals surface area contributed by atoms with Crippen LogP contribution in [0.15, 0.2) is 19.5 Å². The Labute approximate surface area is 109 Å². The molecule has 0 bridgehead atoms. The Bertz CT molecular complexity index is 341. The Morgan fingerprint density at radius 1 is 1.29 bits per heavy atom. The second-order valence-electron chi connectivity index (χ2n) is 2.70. The van der Waals surface area contributed by atoms with E-state index in [-0.39, 0.29) is 0 Å². The predicted octanol–water partition coefficient (Wildman–Crippen LogP) is 3.48. The molecule has 0 amide bonds. The van der Waals surface area contributed by atoms with E-state index in [0.29, 0.717) is 6.54 Å². The monoisotopic (exact) mass is 385 g/mol. The summed E-state index contributed by atoms with van der Waals surface area (Å²) >= 11 is 10.4. The summed E-state index contributed by atoms with van der Waals surface area (Å²) in [6, 6.07) is 1.97. The minimum atomic E-state index is 0.613. The van der Waals surface area contributed by atoms with Gasteiger partial charge in [-0.3, -0.25) is 0 Å². The van der Waals surface area contributed by atoms with Crippen LogP contribution in [0.4, 0.5) is 0 Å². The summed E-state index contributed by atoms with van der Waals surface area (Å²) < 4.78 is 8.16. The number of hydrogen-bond acceptors (Lipinski definition) is 2. The lowest BCUT2D eigenvalue weighted by Crippen LogP contribution is -2.05. The Morgan fingerprint density at radius 2 is 1.93 bits per heavy atom. The van der Waals surface area contributed by atoms with Crippen molar-refractivity contribution in [1.29, 1.82) is 0 Å². The molecule has 14 heavy (non-hydrogen) atoms. The first kappa shape index (κ1) is 12.5. The molecular formula is C9H10Br3NO. The van der Waals surface area contributed by atoms with Gasteiger partial charge in [0.1, 0.15) is 5.75 Å². The molecule has 5 heteroatoms. The third-order valence-electron chi connectivity index (χ3n) is 1.82. The molecule has 0 aliphatic carbocycles. The summed E-state index contributed by atoms with van der Waals surface area (Å²) in [5.41, 5.74) is 6.67. The molecule has 0 aromatic heterocycles. The van der Waals surface area contributed by atoms with Gasteiger partial charge < -0.3 is 10.5 Å². The molecule has 0 fully saturated rings. The van der Waals surface area contributed by atoms with Crippen LogP contribution < -0.4 is 10.5 Å². The molecule has 0 aliphatic heterocycles. The van der Waals surface area contributed by atoms with E-state index in [1.807, 2.05) is 6.07 Å². The molecular weight excluding hydrogens is 378 g/mol. The number of nitrogens with two attached hydrogens (primary N) is 1. The lowest BCUT2D eigenvalue weighted by Gasteiger charge is -2.12. The van der Waals surface area contributed by atoms with E-state index in [4.69, 9.17) is 10.5 Å². The van der Waals surface area contributed by atoms with Crippen LogP contribution in [0, 0.1) is 0 Å². The lowest BCUT2D eigenvalue weighted by molar-refractivity contribution is 0.408. The number of ether oxygens (including phenoxy) is 1. The molecule has 0 saturated heterocycles. The second-order valence-corrected chi connectivity index (χ2v) is 5.21. The van der Waals surface area contributed by atoms with E-state index in [1.54, 1.807) is 7.11 Å². The molecule has 0 radical (unpaired) electrons. The summed E-state index contributed by atoms with van der Waals surface area (Å²) in [4.78, 5) is 0. The Hall–Kier alpha value is 0.420. The van der Waals surface area contributed by atoms with Crippen molar-refractivity contribution in [2.45, 2.75) is 6.42 Å². The molecule has 0 spiro atoms. The number of halogens is 3. The highest BCUT2D eigenvalue weighted by Crippen LogP contribution is 2.40. The fourth-order valence-electron chi connectivity index (χ4n) is 1.17. The summed E-state index contributed by atoms with van der Waals surface area (Å²) in [5.74, 6) is 0.802. The van der Waals surface area contributed by atoms with E-state index in [1.165, 1.54) is 0 Å².